The van der Waals surface area contributed by atoms with Crippen molar-refractivity contribution in [3.8, 4) is 0 Å². The zero-order chi connectivity index (χ0) is 17.1. The van der Waals surface area contributed by atoms with E-state index in [1.165, 1.54) is 11.1 Å². The molecule has 0 fully saturated rings. The van der Waals surface area contributed by atoms with Crippen LogP contribution in [0.25, 0.3) is 0 Å². The van der Waals surface area contributed by atoms with Crippen molar-refractivity contribution in [2.24, 2.45) is 0 Å². The van der Waals surface area contributed by atoms with E-state index in [9.17, 15) is 4.79 Å². The Balaban J connectivity index is 1.55. The summed E-state index contributed by atoms with van der Waals surface area (Å²) in [5, 5.41) is 11.3. The molecule has 2 heterocycles. The highest BCUT2D eigenvalue weighted by molar-refractivity contribution is 5.75. The maximum atomic E-state index is 12.4. The van der Waals surface area contributed by atoms with Crippen molar-refractivity contribution in [3.63, 3.8) is 0 Å². The summed E-state index contributed by atoms with van der Waals surface area (Å²) in [5.74, 6) is 0.853. The number of tetrazole rings is 1. The summed E-state index contributed by atoms with van der Waals surface area (Å²) in [6.45, 7) is 4.03. The Labute approximate surface area is 142 Å². The van der Waals surface area contributed by atoms with Gasteiger partial charge in [-0.1, -0.05) is 24.3 Å². The molecule has 0 saturated carbocycles. The quantitative estimate of drug-likeness (QED) is 0.815. The zero-order valence-corrected chi connectivity index (χ0v) is 14.5. The minimum absolute atomic E-state index is 0.122. The summed E-state index contributed by atoms with van der Waals surface area (Å²) in [6.07, 6.45) is 1.39. The van der Waals surface area contributed by atoms with Gasteiger partial charge in [-0.05, 0) is 41.9 Å². The molecule has 1 aromatic carbocycles. The molecule has 1 atom stereocenters. The Morgan fingerprint density at radius 2 is 2.08 bits per heavy atom. The first-order valence-electron chi connectivity index (χ1n) is 8.28. The van der Waals surface area contributed by atoms with E-state index in [-0.39, 0.29) is 5.91 Å². The topological polar surface area (TPSA) is 67.2 Å². The lowest BCUT2D eigenvalue weighted by atomic mass is 9.94. The van der Waals surface area contributed by atoms with Gasteiger partial charge in [0.1, 0.15) is 5.82 Å². The second kappa shape index (κ2) is 7.09. The highest BCUT2D eigenvalue weighted by Crippen LogP contribution is 2.22. The molecule has 1 aliphatic heterocycles. The zero-order valence-electron chi connectivity index (χ0n) is 14.5. The van der Waals surface area contributed by atoms with Crippen LogP contribution in [0.1, 0.15) is 23.4 Å². The fourth-order valence-corrected chi connectivity index (χ4v) is 3.19. The number of aromatic nitrogens is 4. The molecule has 2 aromatic rings. The van der Waals surface area contributed by atoms with Gasteiger partial charge in [0.2, 0.25) is 5.91 Å². The average Bonchev–Trinajstić information content (AvgIpc) is 2.98. The van der Waals surface area contributed by atoms with Crippen LogP contribution in [0.4, 0.5) is 0 Å². The number of fused-ring (bicyclic) bond motifs is 1. The van der Waals surface area contributed by atoms with Gasteiger partial charge >= 0.3 is 0 Å². The lowest BCUT2D eigenvalue weighted by Gasteiger charge is -2.36. The van der Waals surface area contributed by atoms with Crippen LogP contribution in [0.5, 0.6) is 0 Å². The summed E-state index contributed by atoms with van der Waals surface area (Å²) in [4.78, 5) is 16.6. The van der Waals surface area contributed by atoms with Crippen LogP contribution in [0.15, 0.2) is 24.3 Å². The van der Waals surface area contributed by atoms with Gasteiger partial charge in [0.15, 0.2) is 0 Å². The van der Waals surface area contributed by atoms with Crippen LogP contribution < -0.4 is 0 Å². The number of likely N-dealkylation sites (N-methyl/N-ethyl adjacent to an activating group) is 2. The van der Waals surface area contributed by atoms with Crippen molar-refractivity contribution in [1.82, 2.24) is 30.0 Å². The molecule has 1 aromatic heterocycles. The summed E-state index contributed by atoms with van der Waals surface area (Å²) in [5.41, 5.74) is 2.78. The molecule has 3 rings (SSSR count). The molecule has 0 aliphatic carbocycles. The lowest BCUT2D eigenvalue weighted by molar-refractivity contribution is -0.131. The highest BCUT2D eigenvalue weighted by atomic mass is 16.2. The molecular formula is C17H24N6O. The molecule has 0 bridgehead atoms. The molecule has 0 N–H and O–H groups in total. The number of carbonyl (C=O) groups is 1. The van der Waals surface area contributed by atoms with Gasteiger partial charge in [0.25, 0.3) is 0 Å². The molecule has 1 aliphatic rings. The fourth-order valence-electron chi connectivity index (χ4n) is 3.19. The molecule has 128 valence electrons. The Morgan fingerprint density at radius 3 is 2.79 bits per heavy atom. The van der Waals surface area contributed by atoms with Gasteiger partial charge in [-0.2, -0.15) is 0 Å². The standard InChI is InChI=1S/C17H24N6O/c1-13-18-19-20-23(13)9-8-17(24)22(3)12-16-10-14-6-4-5-7-15(14)11-21(16)2/h4-7,16H,8-12H2,1-3H3/t16-/m1/s1. The smallest absolute Gasteiger partial charge is 0.224 e. The first kappa shape index (κ1) is 16.6. The van der Waals surface area contributed by atoms with E-state index in [4.69, 9.17) is 0 Å². The summed E-state index contributed by atoms with van der Waals surface area (Å²) in [6, 6.07) is 8.90. The van der Waals surface area contributed by atoms with Crippen LogP contribution in [0.3, 0.4) is 0 Å². The van der Waals surface area contributed by atoms with Crippen LogP contribution in [0, 0.1) is 6.92 Å². The third kappa shape index (κ3) is 3.62. The van der Waals surface area contributed by atoms with Crippen LogP contribution in [0.2, 0.25) is 0 Å². The first-order valence-corrected chi connectivity index (χ1v) is 8.28. The maximum Gasteiger partial charge on any atom is 0.224 e. The highest BCUT2D eigenvalue weighted by Gasteiger charge is 2.25. The third-order valence-corrected chi connectivity index (χ3v) is 4.78. The van der Waals surface area contributed by atoms with Crippen molar-refractivity contribution < 1.29 is 4.79 Å². The number of amides is 1. The van der Waals surface area contributed by atoms with Crippen molar-refractivity contribution in [1.29, 1.82) is 0 Å². The Hall–Kier alpha value is -2.28. The van der Waals surface area contributed by atoms with Crippen LogP contribution in [-0.4, -0.2) is 62.6 Å². The lowest BCUT2D eigenvalue weighted by Crippen LogP contribution is -2.46. The molecule has 7 heteroatoms. The molecule has 24 heavy (non-hydrogen) atoms. The fraction of sp³-hybridized carbons (Fsp3) is 0.529. The van der Waals surface area contributed by atoms with E-state index in [1.54, 1.807) is 4.68 Å². The first-order chi connectivity index (χ1) is 11.5. The normalized spacial score (nSPS) is 17.5. The second-order valence-corrected chi connectivity index (χ2v) is 6.52. The van der Waals surface area contributed by atoms with Gasteiger partial charge in [-0.3, -0.25) is 9.69 Å². The van der Waals surface area contributed by atoms with E-state index >= 15 is 0 Å². The van der Waals surface area contributed by atoms with Crippen molar-refractivity contribution in [2.75, 3.05) is 20.6 Å². The van der Waals surface area contributed by atoms with E-state index in [0.29, 0.717) is 19.0 Å². The summed E-state index contributed by atoms with van der Waals surface area (Å²) in [7, 11) is 4.01. The molecule has 0 spiro atoms. The number of hydrogen-bond donors (Lipinski definition) is 0. The van der Waals surface area contributed by atoms with Crippen molar-refractivity contribution in [2.45, 2.75) is 38.9 Å². The molecule has 0 radical (unpaired) electrons. The molecule has 0 saturated heterocycles. The molecule has 7 nitrogen and oxygen atoms in total. The van der Waals surface area contributed by atoms with E-state index < -0.39 is 0 Å². The summed E-state index contributed by atoms with van der Waals surface area (Å²) < 4.78 is 1.66. The van der Waals surface area contributed by atoms with Gasteiger partial charge in [0, 0.05) is 32.6 Å². The van der Waals surface area contributed by atoms with Gasteiger partial charge < -0.3 is 4.90 Å². The van der Waals surface area contributed by atoms with Crippen molar-refractivity contribution >= 4 is 5.91 Å². The Bertz CT molecular complexity index is 713. The largest absolute Gasteiger partial charge is 0.344 e. The molecular weight excluding hydrogens is 304 g/mol. The van der Waals surface area contributed by atoms with E-state index in [0.717, 1.165) is 25.3 Å². The van der Waals surface area contributed by atoms with Crippen molar-refractivity contribution in [3.05, 3.63) is 41.2 Å². The SMILES string of the molecule is Cc1nnnn1CCC(=O)N(C)C[C@H]1Cc2ccccc2CN1C. The van der Waals surface area contributed by atoms with Gasteiger partial charge in [-0.25, -0.2) is 4.68 Å². The maximum absolute atomic E-state index is 12.4. The van der Waals surface area contributed by atoms with Crippen LogP contribution in [-0.2, 0) is 24.3 Å². The van der Waals surface area contributed by atoms with E-state index in [1.807, 2.05) is 18.9 Å². The monoisotopic (exact) mass is 328 g/mol. The number of carbonyl (C=O) groups excluding carboxylic acids is 1. The molecule has 0 unspecified atom stereocenters. The summed E-state index contributed by atoms with van der Waals surface area (Å²) >= 11 is 0. The average molecular weight is 328 g/mol. The number of benzene rings is 1. The number of nitrogens with zero attached hydrogens (tertiary/aromatic N) is 6. The van der Waals surface area contributed by atoms with Gasteiger partial charge in [-0.15, -0.1) is 5.10 Å². The predicted molar refractivity (Wildman–Crippen MR) is 90.2 cm³/mol. The minimum Gasteiger partial charge on any atom is -0.344 e. The predicted octanol–water partition coefficient (Wildman–Crippen LogP) is 0.887. The second-order valence-electron chi connectivity index (χ2n) is 6.52. The van der Waals surface area contributed by atoms with Gasteiger partial charge in [0.05, 0.1) is 6.54 Å². The number of hydrogen-bond acceptors (Lipinski definition) is 5. The molecule has 1 amide bonds. The Morgan fingerprint density at radius 1 is 1.33 bits per heavy atom. The Kier molecular flexibility index (Phi) is 4.89. The minimum atomic E-state index is 0.122. The third-order valence-electron chi connectivity index (χ3n) is 4.78. The van der Waals surface area contributed by atoms with Crippen LogP contribution >= 0.6 is 0 Å². The number of rotatable bonds is 5. The number of aryl methyl sites for hydroxylation is 2. The van der Waals surface area contributed by atoms with E-state index in [2.05, 4.69) is 51.7 Å².